The lowest BCUT2D eigenvalue weighted by atomic mass is 9.97. The van der Waals surface area contributed by atoms with E-state index in [1.807, 2.05) is 6.07 Å². The summed E-state index contributed by atoms with van der Waals surface area (Å²) in [5.74, 6) is -0.0113. The summed E-state index contributed by atoms with van der Waals surface area (Å²) in [6.07, 6.45) is 3.20. The van der Waals surface area contributed by atoms with Crippen LogP contribution in [0.25, 0.3) is 11.1 Å². The number of benzene rings is 2. The summed E-state index contributed by atoms with van der Waals surface area (Å²) in [6.45, 7) is 0. The molecule has 0 aliphatic carbocycles. The van der Waals surface area contributed by atoms with Crippen LogP contribution in [0.3, 0.4) is 0 Å². The lowest BCUT2D eigenvalue weighted by Crippen LogP contribution is -2.20. The van der Waals surface area contributed by atoms with Gasteiger partial charge in [0.1, 0.15) is 11.6 Å². The predicted octanol–water partition coefficient (Wildman–Crippen LogP) is 3.24. The number of anilines is 1. The number of ether oxygens (including phenoxy) is 1. The maximum atomic E-state index is 15.3. The van der Waals surface area contributed by atoms with E-state index in [1.165, 1.54) is 19.5 Å². The molecule has 3 aromatic rings. The van der Waals surface area contributed by atoms with E-state index < -0.39 is 11.8 Å². The molecule has 8 heteroatoms. The Morgan fingerprint density at radius 3 is 2.68 bits per heavy atom. The number of methoxy groups -OCH3 is 1. The average molecular weight is 377 g/mol. The second-order valence-electron chi connectivity index (χ2n) is 5.89. The molecule has 0 aliphatic heterocycles. The molecule has 0 fully saturated rings. The van der Waals surface area contributed by atoms with Gasteiger partial charge in [-0.25, -0.2) is 19.2 Å². The maximum Gasteiger partial charge on any atom is 0.319 e. The molecule has 3 rings (SSSR count). The van der Waals surface area contributed by atoms with Gasteiger partial charge in [-0.2, -0.15) is 5.26 Å². The Morgan fingerprint density at radius 2 is 2.04 bits per heavy atom. The highest BCUT2D eigenvalue weighted by Gasteiger charge is 2.17. The van der Waals surface area contributed by atoms with Gasteiger partial charge in [0.25, 0.3) is 0 Å². The fourth-order valence-electron chi connectivity index (χ4n) is 2.76. The minimum Gasteiger partial charge on any atom is -0.496 e. The molecule has 0 atom stereocenters. The van der Waals surface area contributed by atoms with E-state index in [4.69, 9.17) is 15.7 Å². The summed E-state index contributed by atoms with van der Waals surface area (Å²) in [5, 5.41) is 11.4. The van der Waals surface area contributed by atoms with E-state index in [9.17, 15) is 4.79 Å². The van der Waals surface area contributed by atoms with E-state index in [0.717, 1.165) is 0 Å². The zero-order valence-electron chi connectivity index (χ0n) is 14.9. The van der Waals surface area contributed by atoms with Crippen molar-refractivity contribution in [2.24, 2.45) is 5.73 Å². The fourth-order valence-corrected chi connectivity index (χ4v) is 2.76. The van der Waals surface area contributed by atoms with Crippen molar-refractivity contribution in [1.29, 1.82) is 5.26 Å². The van der Waals surface area contributed by atoms with E-state index in [1.54, 1.807) is 36.4 Å². The van der Waals surface area contributed by atoms with Crippen LogP contribution in [0.5, 0.6) is 5.75 Å². The number of amides is 2. The normalized spacial score (nSPS) is 10.2. The van der Waals surface area contributed by atoms with Crippen LogP contribution in [-0.2, 0) is 6.42 Å². The molecule has 28 heavy (non-hydrogen) atoms. The third kappa shape index (κ3) is 4.04. The fraction of sp³-hybridized carbons (Fsp3) is 0.100. The minimum absolute atomic E-state index is 0.0699. The van der Waals surface area contributed by atoms with Crippen molar-refractivity contribution in [3.63, 3.8) is 0 Å². The van der Waals surface area contributed by atoms with Gasteiger partial charge < -0.3 is 10.5 Å². The highest BCUT2D eigenvalue weighted by Crippen LogP contribution is 2.35. The summed E-state index contributed by atoms with van der Waals surface area (Å²) < 4.78 is 20.6. The highest BCUT2D eigenvalue weighted by molar-refractivity contribution is 5.85. The number of rotatable bonds is 5. The molecule has 1 heterocycles. The first-order chi connectivity index (χ1) is 13.5. The monoisotopic (exact) mass is 377 g/mol. The van der Waals surface area contributed by atoms with Crippen LogP contribution < -0.4 is 15.8 Å². The van der Waals surface area contributed by atoms with Gasteiger partial charge in [-0.3, -0.25) is 5.32 Å². The first-order valence-corrected chi connectivity index (χ1v) is 8.25. The van der Waals surface area contributed by atoms with Crippen molar-refractivity contribution in [1.82, 2.24) is 9.97 Å². The van der Waals surface area contributed by atoms with Crippen LogP contribution >= 0.6 is 0 Å². The van der Waals surface area contributed by atoms with Crippen molar-refractivity contribution < 1.29 is 13.9 Å². The third-order valence-corrected chi connectivity index (χ3v) is 4.02. The Hall–Kier alpha value is -3.99. The van der Waals surface area contributed by atoms with Crippen molar-refractivity contribution in [3.8, 4) is 22.9 Å². The first-order valence-electron chi connectivity index (χ1n) is 8.25. The third-order valence-electron chi connectivity index (χ3n) is 4.02. The molecule has 0 unspecified atom stereocenters. The van der Waals surface area contributed by atoms with E-state index >= 15 is 4.39 Å². The largest absolute Gasteiger partial charge is 0.496 e. The van der Waals surface area contributed by atoms with Crippen LogP contribution in [0.15, 0.2) is 48.8 Å². The summed E-state index contributed by atoms with van der Waals surface area (Å²) in [5.41, 5.74) is 7.33. The summed E-state index contributed by atoms with van der Waals surface area (Å²) in [7, 11) is 1.46. The number of primary amides is 1. The number of nitrogens with two attached hydrogens (primary N) is 1. The molecular formula is C20H16FN5O2. The second kappa shape index (κ2) is 8.14. The lowest BCUT2D eigenvalue weighted by Gasteiger charge is -2.14. The molecule has 0 spiro atoms. The second-order valence-corrected chi connectivity index (χ2v) is 5.89. The molecule has 0 aliphatic rings. The van der Waals surface area contributed by atoms with Crippen LogP contribution in [0.1, 0.15) is 16.7 Å². The Bertz CT molecular complexity index is 1060. The standard InChI is InChI=1S/C20H16FN5O2/c1-28-16-6-5-15(8-13-10-24-20(25-11-13)26-19(23)27)18(21)17(16)14-4-2-3-12(7-14)9-22/h2-7,10-11H,8H2,1H3,(H3,23,24,25,26,27). The number of hydrogen-bond donors (Lipinski definition) is 2. The molecule has 3 N–H and O–H groups in total. The molecule has 0 saturated heterocycles. The number of aromatic nitrogens is 2. The SMILES string of the molecule is COc1ccc(Cc2cnc(NC(N)=O)nc2)c(F)c1-c1cccc(C#N)c1. The van der Waals surface area contributed by atoms with Gasteiger partial charge in [0.15, 0.2) is 0 Å². The van der Waals surface area contributed by atoms with E-state index in [0.29, 0.717) is 28.0 Å². The number of nitrogens with zero attached hydrogens (tertiary/aromatic N) is 3. The minimum atomic E-state index is -0.766. The molecular weight excluding hydrogens is 361 g/mol. The number of urea groups is 1. The Balaban J connectivity index is 1.97. The van der Waals surface area contributed by atoms with Crippen molar-refractivity contribution in [2.45, 2.75) is 6.42 Å². The molecule has 0 saturated carbocycles. The maximum absolute atomic E-state index is 15.3. The van der Waals surface area contributed by atoms with Gasteiger partial charge in [-0.15, -0.1) is 0 Å². The van der Waals surface area contributed by atoms with Crippen molar-refractivity contribution in [2.75, 3.05) is 12.4 Å². The number of hydrogen-bond acceptors (Lipinski definition) is 5. The van der Waals surface area contributed by atoms with Gasteiger partial charge >= 0.3 is 6.03 Å². The van der Waals surface area contributed by atoms with Gasteiger partial charge in [-0.1, -0.05) is 18.2 Å². The lowest BCUT2D eigenvalue weighted by molar-refractivity contribution is 0.259. The zero-order valence-corrected chi connectivity index (χ0v) is 14.9. The molecule has 7 nitrogen and oxygen atoms in total. The van der Waals surface area contributed by atoms with Crippen LogP contribution in [0.4, 0.5) is 15.1 Å². The molecule has 0 bridgehead atoms. The molecule has 140 valence electrons. The smallest absolute Gasteiger partial charge is 0.319 e. The van der Waals surface area contributed by atoms with Crippen LogP contribution in [-0.4, -0.2) is 23.1 Å². The van der Waals surface area contributed by atoms with Crippen LogP contribution in [0.2, 0.25) is 0 Å². The molecule has 2 amide bonds. The van der Waals surface area contributed by atoms with E-state index in [2.05, 4.69) is 15.3 Å². The quantitative estimate of drug-likeness (QED) is 0.708. The highest BCUT2D eigenvalue weighted by atomic mass is 19.1. The number of carbonyl (C=O) groups is 1. The number of carbonyl (C=O) groups excluding carboxylic acids is 1. The summed E-state index contributed by atoms with van der Waals surface area (Å²) in [4.78, 5) is 18.8. The van der Waals surface area contributed by atoms with Crippen molar-refractivity contribution in [3.05, 3.63) is 71.3 Å². The molecule has 2 aromatic carbocycles. The topological polar surface area (TPSA) is 114 Å². The Labute approximate surface area is 160 Å². The summed E-state index contributed by atoms with van der Waals surface area (Å²) >= 11 is 0. The average Bonchev–Trinajstić information content (AvgIpc) is 2.70. The van der Waals surface area contributed by atoms with Gasteiger partial charge in [0, 0.05) is 18.8 Å². The van der Waals surface area contributed by atoms with Crippen LogP contribution in [0, 0.1) is 17.1 Å². The van der Waals surface area contributed by atoms with Crippen molar-refractivity contribution >= 4 is 12.0 Å². The van der Waals surface area contributed by atoms with Gasteiger partial charge in [0.05, 0.1) is 24.3 Å². The zero-order chi connectivity index (χ0) is 20.1. The summed E-state index contributed by atoms with van der Waals surface area (Å²) in [6, 6.07) is 11.3. The molecule has 1 aromatic heterocycles. The number of halogens is 1. The number of nitrogens with one attached hydrogen (secondary N) is 1. The predicted molar refractivity (Wildman–Crippen MR) is 101 cm³/mol. The Kier molecular flexibility index (Phi) is 5.46. The molecule has 0 radical (unpaired) electrons. The number of nitriles is 1. The van der Waals surface area contributed by atoms with Gasteiger partial charge in [0.2, 0.25) is 5.95 Å². The Morgan fingerprint density at radius 1 is 1.29 bits per heavy atom. The van der Waals surface area contributed by atoms with Gasteiger partial charge in [-0.05, 0) is 34.9 Å². The first kappa shape index (κ1) is 18.8. The van der Waals surface area contributed by atoms with E-state index in [-0.39, 0.29) is 17.9 Å².